The number of para-hydroxylation sites is 1. The van der Waals surface area contributed by atoms with Gasteiger partial charge in [-0.05, 0) is 48.9 Å². The van der Waals surface area contributed by atoms with Gasteiger partial charge in [0.25, 0.3) is 0 Å². The van der Waals surface area contributed by atoms with Gasteiger partial charge in [-0.15, -0.1) is 0 Å². The number of carbonyl (C=O) groups is 1. The van der Waals surface area contributed by atoms with Crippen LogP contribution in [-0.4, -0.2) is 11.4 Å². The summed E-state index contributed by atoms with van der Waals surface area (Å²) in [7, 11) is 0. The Morgan fingerprint density at radius 1 is 1.12 bits per heavy atom. The van der Waals surface area contributed by atoms with Gasteiger partial charge in [0.2, 0.25) is 12.3 Å². The molecule has 0 aliphatic carbocycles. The van der Waals surface area contributed by atoms with Gasteiger partial charge in [-0.1, -0.05) is 29.3 Å². The maximum atomic E-state index is 13.2. The van der Waals surface area contributed by atoms with Crippen LogP contribution in [-0.2, 0) is 4.79 Å². The van der Waals surface area contributed by atoms with Gasteiger partial charge in [-0.2, -0.15) is 0 Å². The molecule has 3 rings (SSSR count). The first kappa shape index (κ1) is 18.2. The fourth-order valence-electron chi connectivity index (χ4n) is 2.38. The van der Waals surface area contributed by atoms with Crippen molar-refractivity contribution in [2.75, 3.05) is 4.90 Å². The largest absolute Gasteiger partial charge is 0.439 e. The average Bonchev–Trinajstić information content (AvgIpc) is 2.62. The highest BCUT2D eigenvalue weighted by Gasteiger charge is 2.16. The monoisotopic (exact) mass is 390 g/mol. The normalized spacial score (nSPS) is 10.5. The first-order valence-corrected chi connectivity index (χ1v) is 8.34. The fourth-order valence-corrected chi connectivity index (χ4v) is 2.96. The van der Waals surface area contributed by atoms with Crippen molar-refractivity contribution < 1.29 is 13.9 Å². The second kappa shape index (κ2) is 7.72. The van der Waals surface area contributed by atoms with Crippen molar-refractivity contribution in [1.29, 1.82) is 0 Å². The Hall–Kier alpha value is -2.63. The Morgan fingerprint density at radius 2 is 1.85 bits per heavy atom. The smallest absolute Gasteiger partial charge is 0.219 e. The van der Waals surface area contributed by atoms with E-state index in [1.54, 1.807) is 37.3 Å². The molecule has 1 heterocycles. The highest BCUT2D eigenvalue weighted by atomic mass is 35.5. The molecule has 0 bridgehead atoms. The first-order valence-electron chi connectivity index (χ1n) is 7.58. The van der Waals surface area contributed by atoms with E-state index in [0.29, 0.717) is 45.0 Å². The van der Waals surface area contributed by atoms with Crippen LogP contribution in [0.4, 0.5) is 15.8 Å². The van der Waals surface area contributed by atoms with E-state index in [-0.39, 0.29) is 5.82 Å². The van der Waals surface area contributed by atoms with Crippen LogP contribution >= 0.6 is 23.2 Å². The molecule has 0 radical (unpaired) electrons. The predicted molar refractivity (Wildman–Crippen MR) is 100 cm³/mol. The molecule has 4 nitrogen and oxygen atoms in total. The van der Waals surface area contributed by atoms with Crippen molar-refractivity contribution >= 4 is 41.0 Å². The zero-order chi connectivity index (χ0) is 18.7. The maximum Gasteiger partial charge on any atom is 0.219 e. The van der Waals surface area contributed by atoms with Crippen LogP contribution in [0.2, 0.25) is 10.0 Å². The van der Waals surface area contributed by atoms with Crippen LogP contribution in [0.15, 0.2) is 54.7 Å². The van der Waals surface area contributed by atoms with Crippen molar-refractivity contribution in [2.45, 2.75) is 6.92 Å². The molecule has 3 aromatic rings. The third-order valence-electron chi connectivity index (χ3n) is 3.63. The summed E-state index contributed by atoms with van der Waals surface area (Å²) < 4.78 is 18.8. The van der Waals surface area contributed by atoms with Gasteiger partial charge < -0.3 is 4.74 Å². The number of anilines is 2. The van der Waals surface area contributed by atoms with E-state index in [1.165, 1.54) is 29.3 Å². The number of nitrogens with zero attached hydrogens (tertiary/aromatic N) is 2. The second-order valence-corrected chi connectivity index (χ2v) is 6.23. The summed E-state index contributed by atoms with van der Waals surface area (Å²) in [6, 6.07) is 12.4. The molecule has 7 heteroatoms. The molecule has 0 saturated carbocycles. The van der Waals surface area contributed by atoms with Crippen LogP contribution < -0.4 is 9.64 Å². The number of amides is 1. The molecule has 0 atom stereocenters. The number of halogens is 3. The Morgan fingerprint density at radius 3 is 2.42 bits per heavy atom. The minimum Gasteiger partial charge on any atom is -0.439 e. The third kappa shape index (κ3) is 3.79. The van der Waals surface area contributed by atoms with E-state index >= 15 is 0 Å². The van der Waals surface area contributed by atoms with E-state index in [0.717, 1.165) is 0 Å². The molecule has 0 spiro atoms. The highest BCUT2D eigenvalue weighted by Crippen LogP contribution is 2.37. The molecule has 0 fully saturated rings. The van der Waals surface area contributed by atoms with Crippen LogP contribution in [0.1, 0.15) is 5.56 Å². The summed E-state index contributed by atoms with van der Waals surface area (Å²) in [6.45, 7) is 1.74. The first-order chi connectivity index (χ1) is 12.5. The Balaban J connectivity index is 1.87. The standard InChI is InChI=1S/C19H13Cl2FN2O2/c1-12-9-13(22)5-7-17(12)26-18-8-6-14(10-23-18)24(11-25)19-15(20)3-2-4-16(19)21/h2-11H,1H3. The molecule has 26 heavy (non-hydrogen) atoms. The molecule has 0 aliphatic heterocycles. The number of hydrogen-bond acceptors (Lipinski definition) is 3. The molecular formula is C19H13Cl2FN2O2. The van der Waals surface area contributed by atoms with Crippen molar-refractivity contribution in [2.24, 2.45) is 0 Å². The Bertz CT molecular complexity index is 929. The van der Waals surface area contributed by atoms with Crippen molar-refractivity contribution in [3.05, 3.63) is 76.2 Å². The summed E-state index contributed by atoms with van der Waals surface area (Å²) in [5.41, 5.74) is 1.49. The summed E-state index contributed by atoms with van der Waals surface area (Å²) in [4.78, 5) is 17.1. The molecule has 0 saturated heterocycles. The maximum absolute atomic E-state index is 13.2. The summed E-state index contributed by atoms with van der Waals surface area (Å²) >= 11 is 12.3. The molecular weight excluding hydrogens is 378 g/mol. The minimum absolute atomic E-state index is 0.305. The Kier molecular flexibility index (Phi) is 5.40. The minimum atomic E-state index is -0.337. The van der Waals surface area contributed by atoms with Gasteiger partial charge in [0.05, 0.1) is 27.6 Å². The topological polar surface area (TPSA) is 42.4 Å². The second-order valence-electron chi connectivity index (χ2n) is 5.41. The fraction of sp³-hybridized carbons (Fsp3) is 0.0526. The molecule has 0 unspecified atom stereocenters. The van der Waals surface area contributed by atoms with Gasteiger partial charge in [-0.25, -0.2) is 9.37 Å². The summed E-state index contributed by atoms with van der Waals surface area (Å²) in [6.07, 6.45) is 2.07. The Labute approximate surface area is 159 Å². The van der Waals surface area contributed by atoms with Gasteiger partial charge in [0.15, 0.2) is 0 Å². The summed E-state index contributed by atoms with van der Waals surface area (Å²) in [5, 5.41) is 0.679. The third-order valence-corrected chi connectivity index (χ3v) is 4.24. The van der Waals surface area contributed by atoms with Gasteiger partial charge in [-0.3, -0.25) is 9.69 Å². The van der Waals surface area contributed by atoms with Gasteiger partial charge in [0, 0.05) is 6.07 Å². The van der Waals surface area contributed by atoms with Crippen molar-refractivity contribution in [3.8, 4) is 11.6 Å². The van der Waals surface area contributed by atoms with E-state index < -0.39 is 0 Å². The SMILES string of the molecule is Cc1cc(F)ccc1Oc1ccc(N(C=O)c2c(Cl)cccc2Cl)cn1. The number of carbonyl (C=O) groups excluding carboxylic acids is 1. The molecule has 132 valence electrons. The molecule has 1 amide bonds. The van der Waals surface area contributed by atoms with Crippen molar-refractivity contribution in [1.82, 2.24) is 4.98 Å². The zero-order valence-corrected chi connectivity index (χ0v) is 15.1. The van der Waals surface area contributed by atoms with Crippen molar-refractivity contribution in [3.63, 3.8) is 0 Å². The number of benzene rings is 2. The lowest BCUT2D eigenvalue weighted by Crippen LogP contribution is -2.15. The number of hydrogen-bond donors (Lipinski definition) is 0. The van der Waals surface area contributed by atoms with Crippen LogP contribution in [0.5, 0.6) is 11.6 Å². The van der Waals surface area contributed by atoms with Gasteiger partial charge in [0.1, 0.15) is 11.6 Å². The number of rotatable bonds is 5. The lowest BCUT2D eigenvalue weighted by atomic mass is 10.2. The number of pyridine rings is 1. The van der Waals surface area contributed by atoms with E-state index in [4.69, 9.17) is 27.9 Å². The van der Waals surface area contributed by atoms with E-state index in [9.17, 15) is 9.18 Å². The molecule has 0 aliphatic rings. The zero-order valence-electron chi connectivity index (χ0n) is 13.6. The summed E-state index contributed by atoms with van der Waals surface area (Å²) in [5.74, 6) is 0.462. The number of aryl methyl sites for hydroxylation is 1. The quantitative estimate of drug-likeness (QED) is 0.507. The van der Waals surface area contributed by atoms with Gasteiger partial charge >= 0.3 is 0 Å². The van der Waals surface area contributed by atoms with Crippen LogP contribution in [0.25, 0.3) is 0 Å². The van der Waals surface area contributed by atoms with Crippen LogP contribution in [0.3, 0.4) is 0 Å². The van der Waals surface area contributed by atoms with E-state index in [1.807, 2.05) is 0 Å². The predicted octanol–water partition coefficient (Wildman–Crippen LogP) is 5.92. The lowest BCUT2D eigenvalue weighted by Gasteiger charge is -2.20. The van der Waals surface area contributed by atoms with Crippen LogP contribution in [0, 0.1) is 12.7 Å². The average molecular weight is 391 g/mol. The molecule has 2 aromatic carbocycles. The van der Waals surface area contributed by atoms with E-state index in [2.05, 4.69) is 4.98 Å². The lowest BCUT2D eigenvalue weighted by molar-refractivity contribution is -0.106. The number of ether oxygens (including phenoxy) is 1. The highest BCUT2D eigenvalue weighted by molar-refractivity contribution is 6.40. The molecule has 0 N–H and O–H groups in total. The number of aromatic nitrogens is 1. The molecule has 1 aromatic heterocycles.